The molecule has 172 valence electrons. The van der Waals surface area contributed by atoms with Gasteiger partial charge in [0.1, 0.15) is 5.69 Å². The van der Waals surface area contributed by atoms with Crippen LogP contribution in [0.3, 0.4) is 0 Å². The highest BCUT2D eigenvalue weighted by Gasteiger charge is 2.36. The average molecular weight is 442 g/mol. The number of piperidine rings is 1. The number of rotatable bonds is 5. The molecule has 1 aromatic rings. The Bertz CT molecular complexity index is 810. The molecule has 2 heterocycles. The number of nitro benzene ring substituents is 1. The molecule has 2 saturated heterocycles. The summed E-state index contributed by atoms with van der Waals surface area (Å²) in [6, 6.07) is 2.62. The van der Waals surface area contributed by atoms with Gasteiger partial charge in [0.05, 0.1) is 16.5 Å². The Morgan fingerprint density at radius 2 is 1.87 bits per heavy atom. The van der Waals surface area contributed by atoms with E-state index in [0.717, 1.165) is 38.3 Å². The minimum Gasteiger partial charge on any atom is -0.363 e. The molecule has 0 bridgehead atoms. The van der Waals surface area contributed by atoms with Crippen molar-refractivity contribution in [3.05, 3.63) is 33.9 Å². The highest BCUT2D eigenvalue weighted by molar-refractivity contribution is 5.82. The van der Waals surface area contributed by atoms with E-state index >= 15 is 0 Å². The Balaban J connectivity index is 1.68. The van der Waals surface area contributed by atoms with Crippen molar-refractivity contribution in [3.63, 3.8) is 0 Å². The number of nitrogens with zero attached hydrogens (tertiary/aromatic N) is 4. The number of amides is 1. The van der Waals surface area contributed by atoms with E-state index in [0.29, 0.717) is 32.2 Å². The standard InChI is InChI=1S/C21H29F3N4O3/c1-3-17-6-4-5-9-27(17)20(29)15(2)25-10-12-26(13-11-25)18-8-7-16(21(22,23)24)14-19(18)28(30)31/h7-8,14-15,17H,3-6,9-13H2,1-2H3. The van der Waals surface area contributed by atoms with Crippen LogP contribution in [0.1, 0.15) is 45.1 Å². The third-order valence-corrected chi connectivity index (χ3v) is 6.44. The van der Waals surface area contributed by atoms with Crippen molar-refractivity contribution in [1.82, 2.24) is 9.80 Å². The van der Waals surface area contributed by atoms with Gasteiger partial charge in [-0.3, -0.25) is 19.8 Å². The van der Waals surface area contributed by atoms with Gasteiger partial charge in [-0.25, -0.2) is 0 Å². The van der Waals surface area contributed by atoms with Gasteiger partial charge in [0.15, 0.2) is 0 Å². The predicted molar refractivity (Wildman–Crippen MR) is 111 cm³/mol. The van der Waals surface area contributed by atoms with Crippen LogP contribution in [0.5, 0.6) is 0 Å². The van der Waals surface area contributed by atoms with Gasteiger partial charge in [-0.05, 0) is 44.7 Å². The van der Waals surface area contributed by atoms with Crippen molar-refractivity contribution in [2.24, 2.45) is 0 Å². The summed E-state index contributed by atoms with van der Waals surface area (Å²) in [7, 11) is 0. The van der Waals surface area contributed by atoms with Gasteiger partial charge in [-0.1, -0.05) is 6.92 Å². The number of hydrogen-bond acceptors (Lipinski definition) is 5. The number of carbonyl (C=O) groups excluding carboxylic acids is 1. The summed E-state index contributed by atoms with van der Waals surface area (Å²) in [6.07, 6.45) is -0.520. The second kappa shape index (κ2) is 9.42. The van der Waals surface area contributed by atoms with Crippen LogP contribution in [0.25, 0.3) is 0 Å². The van der Waals surface area contributed by atoms with Gasteiger partial charge < -0.3 is 9.80 Å². The fourth-order valence-electron chi connectivity index (χ4n) is 4.57. The second-order valence-electron chi connectivity index (χ2n) is 8.25. The summed E-state index contributed by atoms with van der Waals surface area (Å²) in [5, 5.41) is 11.4. The average Bonchev–Trinajstić information content (AvgIpc) is 2.77. The number of nitro groups is 1. The quantitative estimate of drug-likeness (QED) is 0.511. The third kappa shape index (κ3) is 5.11. The van der Waals surface area contributed by atoms with Gasteiger partial charge in [0.2, 0.25) is 5.91 Å². The Morgan fingerprint density at radius 3 is 2.45 bits per heavy atom. The minimum absolute atomic E-state index is 0.112. The maximum Gasteiger partial charge on any atom is 0.416 e. The predicted octanol–water partition coefficient (Wildman–Crippen LogP) is 3.92. The van der Waals surface area contributed by atoms with Crippen LogP contribution in [0, 0.1) is 10.1 Å². The van der Waals surface area contributed by atoms with Gasteiger partial charge in [0, 0.05) is 44.8 Å². The zero-order valence-corrected chi connectivity index (χ0v) is 17.9. The Hall–Kier alpha value is -2.36. The van der Waals surface area contributed by atoms with Gasteiger partial charge in [-0.15, -0.1) is 0 Å². The van der Waals surface area contributed by atoms with Crippen LogP contribution in [-0.2, 0) is 11.0 Å². The molecule has 7 nitrogen and oxygen atoms in total. The smallest absolute Gasteiger partial charge is 0.363 e. The van der Waals surface area contributed by atoms with Crippen molar-refractivity contribution >= 4 is 17.3 Å². The lowest BCUT2D eigenvalue weighted by molar-refractivity contribution is -0.384. The fourth-order valence-corrected chi connectivity index (χ4v) is 4.57. The molecule has 0 radical (unpaired) electrons. The molecule has 0 N–H and O–H groups in total. The molecule has 0 aliphatic carbocycles. The maximum absolute atomic E-state index is 13.1. The molecule has 1 amide bonds. The fraction of sp³-hybridized carbons (Fsp3) is 0.667. The number of halogens is 3. The number of carbonyl (C=O) groups is 1. The summed E-state index contributed by atoms with van der Waals surface area (Å²) in [4.78, 5) is 29.4. The number of benzene rings is 1. The van der Waals surface area contributed by atoms with Crippen LogP contribution >= 0.6 is 0 Å². The van der Waals surface area contributed by atoms with Gasteiger partial charge in [0.25, 0.3) is 5.69 Å². The van der Waals surface area contributed by atoms with Crippen LogP contribution in [-0.4, -0.2) is 65.4 Å². The van der Waals surface area contributed by atoms with E-state index in [1.54, 1.807) is 4.90 Å². The summed E-state index contributed by atoms with van der Waals surface area (Å²) < 4.78 is 38.8. The summed E-state index contributed by atoms with van der Waals surface area (Å²) in [5.41, 5.74) is -1.40. The first-order valence-electron chi connectivity index (χ1n) is 10.8. The first kappa shape index (κ1) is 23.3. The highest BCUT2D eigenvalue weighted by Crippen LogP contribution is 2.37. The summed E-state index contributed by atoms with van der Waals surface area (Å²) in [5.74, 6) is 0.112. The second-order valence-corrected chi connectivity index (χ2v) is 8.25. The molecular weight excluding hydrogens is 413 g/mol. The van der Waals surface area contributed by atoms with E-state index in [4.69, 9.17) is 0 Å². The van der Waals surface area contributed by atoms with Crippen LogP contribution in [0.4, 0.5) is 24.5 Å². The molecule has 0 spiro atoms. The zero-order chi connectivity index (χ0) is 22.8. The van der Waals surface area contributed by atoms with Crippen molar-refractivity contribution in [1.29, 1.82) is 0 Å². The van der Waals surface area contributed by atoms with Crippen LogP contribution in [0.15, 0.2) is 18.2 Å². The van der Waals surface area contributed by atoms with Crippen LogP contribution in [0.2, 0.25) is 0 Å². The molecule has 2 aliphatic rings. The summed E-state index contributed by atoms with van der Waals surface area (Å²) >= 11 is 0. The zero-order valence-electron chi connectivity index (χ0n) is 17.9. The molecule has 0 saturated carbocycles. The molecular formula is C21H29F3N4O3. The van der Waals surface area contributed by atoms with E-state index in [1.165, 1.54) is 6.07 Å². The van der Waals surface area contributed by atoms with E-state index in [2.05, 4.69) is 11.8 Å². The lowest BCUT2D eigenvalue weighted by Gasteiger charge is -2.42. The molecule has 3 rings (SSSR count). The van der Waals surface area contributed by atoms with E-state index in [-0.39, 0.29) is 23.7 Å². The number of anilines is 1. The normalized spacial score (nSPS) is 21.8. The molecule has 2 aliphatic heterocycles. The lowest BCUT2D eigenvalue weighted by Crippen LogP contribution is -2.56. The van der Waals surface area contributed by atoms with E-state index < -0.39 is 22.4 Å². The molecule has 2 unspecified atom stereocenters. The lowest BCUT2D eigenvalue weighted by atomic mass is 9.99. The molecule has 1 aromatic carbocycles. The molecule has 10 heteroatoms. The Labute approximate surface area is 179 Å². The number of hydrogen-bond donors (Lipinski definition) is 0. The minimum atomic E-state index is -4.64. The van der Waals surface area contributed by atoms with E-state index in [1.807, 2.05) is 11.8 Å². The molecule has 31 heavy (non-hydrogen) atoms. The van der Waals surface area contributed by atoms with Crippen LogP contribution < -0.4 is 4.90 Å². The molecule has 0 aromatic heterocycles. The first-order chi connectivity index (χ1) is 14.6. The molecule has 2 fully saturated rings. The van der Waals surface area contributed by atoms with Crippen molar-refractivity contribution in [2.45, 2.75) is 57.8 Å². The van der Waals surface area contributed by atoms with E-state index in [9.17, 15) is 28.1 Å². The first-order valence-corrected chi connectivity index (χ1v) is 10.8. The Morgan fingerprint density at radius 1 is 1.19 bits per heavy atom. The molecule has 2 atom stereocenters. The van der Waals surface area contributed by atoms with Crippen molar-refractivity contribution in [3.8, 4) is 0 Å². The Kier molecular flexibility index (Phi) is 7.08. The van der Waals surface area contributed by atoms with Gasteiger partial charge in [-0.2, -0.15) is 13.2 Å². The maximum atomic E-state index is 13.1. The number of likely N-dealkylation sites (tertiary alicyclic amines) is 1. The number of piperazine rings is 1. The highest BCUT2D eigenvalue weighted by atomic mass is 19.4. The van der Waals surface area contributed by atoms with Gasteiger partial charge >= 0.3 is 6.18 Å². The topological polar surface area (TPSA) is 69.9 Å². The van der Waals surface area contributed by atoms with Crippen molar-refractivity contribution < 1.29 is 22.9 Å². The summed E-state index contributed by atoms with van der Waals surface area (Å²) in [6.45, 7) is 6.59. The number of alkyl halides is 3. The largest absolute Gasteiger partial charge is 0.416 e. The van der Waals surface area contributed by atoms with Crippen molar-refractivity contribution in [2.75, 3.05) is 37.6 Å². The third-order valence-electron chi connectivity index (χ3n) is 6.44. The monoisotopic (exact) mass is 442 g/mol. The SMILES string of the molecule is CCC1CCCCN1C(=O)C(C)N1CCN(c2ccc(C(F)(F)F)cc2[N+](=O)[O-])CC1.